The van der Waals surface area contributed by atoms with Gasteiger partial charge in [0, 0.05) is 53.5 Å². The van der Waals surface area contributed by atoms with Gasteiger partial charge in [0.1, 0.15) is 0 Å². The number of amides is 2. The molecule has 4 rings (SSSR count). The summed E-state index contributed by atoms with van der Waals surface area (Å²) in [5.74, 6) is 0. The number of carbonyl (C=O) groups is 1. The van der Waals surface area contributed by atoms with E-state index in [-0.39, 0.29) is 12.1 Å². The number of hydrogen-bond acceptors (Lipinski definition) is 2. The summed E-state index contributed by atoms with van der Waals surface area (Å²) in [4.78, 5) is 18.0. The number of H-pyrrole nitrogens is 1. The number of carbonyl (C=O) groups excluding carboxylic acids is 1. The van der Waals surface area contributed by atoms with Crippen LogP contribution in [0.25, 0.3) is 10.9 Å². The zero-order chi connectivity index (χ0) is 19.3. The second-order valence-corrected chi connectivity index (χ2v) is 7.77. The Morgan fingerprint density at radius 1 is 1.11 bits per heavy atom. The van der Waals surface area contributed by atoms with Crippen molar-refractivity contribution in [1.29, 1.82) is 0 Å². The number of aromatic nitrogens is 1. The van der Waals surface area contributed by atoms with Gasteiger partial charge in [0.05, 0.1) is 0 Å². The monoisotopic (exact) mass is 396 g/mol. The SMILES string of the molecule is O=C(Nc1ccc(Cl)cc1)NC1CCN(CCc2c[nH]c3ccccc23)CC1. The molecule has 1 fully saturated rings. The summed E-state index contributed by atoms with van der Waals surface area (Å²) in [6.07, 6.45) is 5.11. The predicted octanol–water partition coefficient (Wildman–Crippen LogP) is 4.65. The van der Waals surface area contributed by atoms with Crippen LogP contribution in [-0.4, -0.2) is 41.6 Å². The van der Waals surface area contributed by atoms with Gasteiger partial charge in [-0.1, -0.05) is 29.8 Å². The molecule has 146 valence electrons. The molecule has 5 nitrogen and oxygen atoms in total. The van der Waals surface area contributed by atoms with Crippen molar-refractivity contribution in [2.75, 3.05) is 25.0 Å². The van der Waals surface area contributed by atoms with Crippen molar-refractivity contribution in [3.63, 3.8) is 0 Å². The second kappa shape index (κ2) is 8.67. The highest BCUT2D eigenvalue weighted by Crippen LogP contribution is 2.19. The summed E-state index contributed by atoms with van der Waals surface area (Å²) in [6.45, 7) is 3.06. The highest BCUT2D eigenvalue weighted by molar-refractivity contribution is 6.30. The molecular weight excluding hydrogens is 372 g/mol. The molecule has 0 aliphatic carbocycles. The van der Waals surface area contributed by atoms with Crippen LogP contribution in [0.5, 0.6) is 0 Å². The second-order valence-electron chi connectivity index (χ2n) is 7.33. The van der Waals surface area contributed by atoms with Gasteiger partial charge in [-0.2, -0.15) is 0 Å². The fourth-order valence-corrected chi connectivity index (χ4v) is 3.93. The number of nitrogens with one attached hydrogen (secondary N) is 3. The summed E-state index contributed by atoms with van der Waals surface area (Å²) >= 11 is 5.87. The smallest absolute Gasteiger partial charge is 0.319 e. The largest absolute Gasteiger partial charge is 0.361 e. The Bertz CT molecular complexity index is 929. The third kappa shape index (κ3) is 4.66. The van der Waals surface area contributed by atoms with Crippen LogP contribution in [0.2, 0.25) is 5.02 Å². The summed E-state index contributed by atoms with van der Waals surface area (Å²) in [5.41, 5.74) is 3.32. The van der Waals surface area contributed by atoms with Crippen LogP contribution in [0.4, 0.5) is 10.5 Å². The number of halogens is 1. The van der Waals surface area contributed by atoms with Crippen LogP contribution >= 0.6 is 11.6 Å². The fraction of sp³-hybridized carbons (Fsp3) is 0.318. The van der Waals surface area contributed by atoms with Gasteiger partial charge in [0.2, 0.25) is 0 Å². The minimum Gasteiger partial charge on any atom is -0.361 e. The molecule has 1 saturated heterocycles. The first-order valence-corrected chi connectivity index (χ1v) is 10.2. The van der Waals surface area contributed by atoms with Gasteiger partial charge in [-0.05, 0) is 55.2 Å². The maximum Gasteiger partial charge on any atom is 0.319 e. The van der Waals surface area contributed by atoms with Crippen molar-refractivity contribution >= 4 is 34.2 Å². The molecule has 0 spiro atoms. The molecule has 1 aromatic heterocycles. The maximum absolute atomic E-state index is 12.2. The average molecular weight is 397 g/mol. The zero-order valence-electron chi connectivity index (χ0n) is 15.7. The predicted molar refractivity (Wildman–Crippen MR) is 115 cm³/mol. The van der Waals surface area contributed by atoms with E-state index in [1.54, 1.807) is 24.3 Å². The number of para-hydroxylation sites is 1. The van der Waals surface area contributed by atoms with E-state index in [1.165, 1.54) is 16.5 Å². The number of anilines is 1. The van der Waals surface area contributed by atoms with Gasteiger partial charge in [-0.3, -0.25) is 0 Å². The number of fused-ring (bicyclic) bond motifs is 1. The molecule has 3 aromatic rings. The van der Waals surface area contributed by atoms with Gasteiger partial charge in [0.25, 0.3) is 0 Å². The Kier molecular flexibility index (Phi) is 5.84. The Balaban J connectivity index is 1.21. The molecule has 2 amide bonds. The topological polar surface area (TPSA) is 60.2 Å². The molecule has 2 heterocycles. The molecular formula is C22H25ClN4O. The van der Waals surface area contributed by atoms with Crippen LogP contribution < -0.4 is 10.6 Å². The summed E-state index contributed by atoms with van der Waals surface area (Å²) in [5, 5.41) is 7.92. The van der Waals surface area contributed by atoms with E-state index in [0.29, 0.717) is 5.02 Å². The minimum absolute atomic E-state index is 0.153. The molecule has 1 aliphatic rings. The number of urea groups is 1. The Hall–Kier alpha value is -2.50. The van der Waals surface area contributed by atoms with E-state index in [1.807, 2.05) is 0 Å². The minimum atomic E-state index is -0.153. The standard InChI is InChI=1S/C22H25ClN4O/c23-17-5-7-18(8-6-17)25-22(28)26-19-10-13-27(14-11-19)12-9-16-15-24-21-4-2-1-3-20(16)21/h1-8,15,19,24H,9-14H2,(H2,25,26,28). The first-order chi connectivity index (χ1) is 13.7. The lowest BCUT2D eigenvalue weighted by atomic mass is 10.0. The molecule has 0 unspecified atom stereocenters. The van der Waals surface area contributed by atoms with Crippen LogP contribution in [0, 0.1) is 0 Å². The number of benzene rings is 2. The highest BCUT2D eigenvalue weighted by Gasteiger charge is 2.20. The van der Waals surface area contributed by atoms with E-state index in [9.17, 15) is 4.79 Å². The van der Waals surface area contributed by atoms with E-state index in [0.717, 1.165) is 44.6 Å². The molecule has 0 saturated carbocycles. The van der Waals surface area contributed by atoms with Gasteiger partial charge in [-0.25, -0.2) is 4.79 Å². The number of nitrogens with zero attached hydrogens (tertiary/aromatic N) is 1. The van der Waals surface area contributed by atoms with Crippen LogP contribution in [-0.2, 0) is 6.42 Å². The first kappa shape index (κ1) is 18.8. The first-order valence-electron chi connectivity index (χ1n) is 9.78. The highest BCUT2D eigenvalue weighted by atomic mass is 35.5. The van der Waals surface area contributed by atoms with Crippen molar-refractivity contribution in [1.82, 2.24) is 15.2 Å². The summed E-state index contributed by atoms with van der Waals surface area (Å²) in [6, 6.07) is 15.6. The van der Waals surface area contributed by atoms with Crippen molar-refractivity contribution in [2.45, 2.75) is 25.3 Å². The Morgan fingerprint density at radius 2 is 1.86 bits per heavy atom. The molecule has 0 bridgehead atoms. The lowest BCUT2D eigenvalue weighted by molar-refractivity contribution is 0.197. The van der Waals surface area contributed by atoms with Crippen LogP contribution in [0.15, 0.2) is 54.7 Å². The molecule has 1 aliphatic heterocycles. The van der Waals surface area contributed by atoms with Crippen molar-refractivity contribution in [3.05, 3.63) is 65.3 Å². The summed E-state index contributed by atoms with van der Waals surface area (Å²) in [7, 11) is 0. The number of likely N-dealkylation sites (tertiary alicyclic amines) is 1. The zero-order valence-corrected chi connectivity index (χ0v) is 16.5. The molecule has 0 atom stereocenters. The van der Waals surface area contributed by atoms with Crippen LogP contribution in [0.3, 0.4) is 0 Å². The van der Waals surface area contributed by atoms with E-state index in [2.05, 4.69) is 51.0 Å². The lowest BCUT2D eigenvalue weighted by Gasteiger charge is -2.32. The van der Waals surface area contributed by atoms with Gasteiger partial charge < -0.3 is 20.5 Å². The normalized spacial score (nSPS) is 15.6. The number of rotatable bonds is 5. The third-order valence-electron chi connectivity index (χ3n) is 5.40. The molecule has 6 heteroatoms. The number of hydrogen-bond donors (Lipinski definition) is 3. The van der Waals surface area contributed by atoms with Gasteiger partial charge in [-0.15, -0.1) is 0 Å². The maximum atomic E-state index is 12.2. The summed E-state index contributed by atoms with van der Waals surface area (Å²) < 4.78 is 0. The van der Waals surface area contributed by atoms with Crippen molar-refractivity contribution < 1.29 is 4.79 Å². The van der Waals surface area contributed by atoms with E-state index >= 15 is 0 Å². The molecule has 2 aromatic carbocycles. The fourth-order valence-electron chi connectivity index (χ4n) is 3.80. The molecule has 28 heavy (non-hydrogen) atoms. The Labute approximate surface area is 170 Å². The molecule has 0 radical (unpaired) electrons. The average Bonchev–Trinajstić information content (AvgIpc) is 3.12. The lowest BCUT2D eigenvalue weighted by Crippen LogP contribution is -2.46. The molecule has 3 N–H and O–H groups in total. The quantitative estimate of drug-likeness (QED) is 0.587. The van der Waals surface area contributed by atoms with Gasteiger partial charge >= 0.3 is 6.03 Å². The number of aromatic amines is 1. The van der Waals surface area contributed by atoms with E-state index in [4.69, 9.17) is 11.6 Å². The third-order valence-corrected chi connectivity index (χ3v) is 5.65. The van der Waals surface area contributed by atoms with E-state index < -0.39 is 0 Å². The van der Waals surface area contributed by atoms with Crippen LogP contribution in [0.1, 0.15) is 18.4 Å². The van der Waals surface area contributed by atoms with Gasteiger partial charge in [0.15, 0.2) is 0 Å². The van der Waals surface area contributed by atoms with Crippen molar-refractivity contribution in [3.8, 4) is 0 Å². The number of piperidine rings is 1. The Morgan fingerprint density at radius 3 is 2.64 bits per heavy atom. The van der Waals surface area contributed by atoms with Crippen molar-refractivity contribution in [2.24, 2.45) is 0 Å².